The summed E-state index contributed by atoms with van der Waals surface area (Å²) in [6.07, 6.45) is -1.54. The van der Waals surface area contributed by atoms with E-state index in [-0.39, 0.29) is 0 Å². The molecular formula is C6H7O9P. The highest BCUT2D eigenvalue weighted by atomic mass is 31.1. The minimum absolute atomic E-state index is 1.54. The summed E-state index contributed by atoms with van der Waals surface area (Å²) >= 11 is 0. The summed E-state index contributed by atoms with van der Waals surface area (Å²) in [7, 11) is -3.85. The molecule has 0 saturated carbocycles. The fourth-order valence-corrected chi connectivity index (χ4v) is 1.72. The van der Waals surface area contributed by atoms with Crippen molar-refractivity contribution in [1.29, 1.82) is 0 Å². The summed E-state index contributed by atoms with van der Waals surface area (Å²) in [5.41, 5.74) is -6.12. The van der Waals surface area contributed by atoms with Crippen LogP contribution >= 0.6 is 7.68 Å². The lowest BCUT2D eigenvalue weighted by molar-refractivity contribution is -0.169. The molecule has 0 fully saturated rings. The van der Waals surface area contributed by atoms with Crippen molar-refractivity contribution in [2.75, 3.05) is 0 Å². The van der Waals surface area contributed by atoms with E-state index < -0.39 is 43.3 Å². The Hall–Kier alpha value is -1.73. The van der Waals surface area contributed by atoms with E-state index in [9.17, 15) is 28.6 Å². The van der Waals surface area contributed by atoms with Crippen LogP contribution in [0.4, 0.5) is 0 Å². The molecule has 9 nitrogen and oxygen atoms in total. The molecule has 2 atom stereocenters. The van der Waals surface area contributed by atoms with Gasteiger partial charge in [0.2, 0.25) is 5.66 Å². The predicted octanol–water partition coefficient (Wildman–Crippen LogP) is -1.10. The van der Waals surface area contributed by atoms with E-state index >= 15 is 0 Å². The number of aliphatic hydroxyl groups is 1. The van der Waals surface area contributed by atoms with Gasteiger partial charge < -0.3 is 20.4 Å². The Kier molecular flexibility index (Phi) is 4.34. The number of rotatable bonds is 6. The minimum Gasteiger partial charge on any atom is -0.481 e. The van der Waals surface area contributed by atoms with E-state index in [0.29, 0.717) is 0 Å². The SMILES string of the molecule is O=C(O)CC(O)(C(=O)O)C(C(=O)O)P(=O)=O. The van der Waals surface area contributed by atoms with Gasteiger partial charge in [0.1, 0.15) is 0 Å². The molecular weight excluding hydrogens is 247 g/mol. The first kappa shape index (κ1) is 14.3. The smallest absolute Gasteiger partial charge is 0.338 e. The number of hydrogen-bond donors (Lipinski definition) is 4. The molecule has 2 unspecified atom stereocenters. The summed E-state index contributed by atoms with van der Waals surface area (Å²) in [4.78, 5) is 31.3. The van der Waals surface area contributed by atoms with Crippen LogP contribution in [0, 0.1) is 0 Å². The highest BCUT2D eigenvalue weighted by Gasteiger charge is 2.53. The summed E-state index contributed by atoms with van der Waals surface area (Å²) in [6, 6.07) is 0. The van der Waals surface area contributed by atoms with Gasteiger partial charge in [0.25, 0.3) is 0 Å². The van der Waals surface area contributed by atoms with Crippen molar-refractivity contribution in [1.82, 2.24) is 0 Å². The molecule has 0 aliphatic carbocycles. The van der Waals surface area contributed by atoms with Gasteiger partial charge in [-0.1, -0.05) is 0 Å². The summed E-state index contributed by atoms with van der Waals surface area (Å²) < 4.78 is 21.0. The first-order valence-electron chi connectivity index (χ1n) is 3.66. The third kappa shape index (κ3) is 2.88. The van der Waals surface area contributed by atoms with Crippen molar-refractivity contribution in [2.45, 2.75) is 17.7 Å². The molecule has 0 aliphatic heterocycles. The van der Waals surface area contributed by atoms with Gasteiger partial charge in [-0.3, -0.25) is 9.59 Å². The van der Waals surface area contributed by atoms with E-state index in [0.717, 1.165) is 0 Å². The largest absolute Gasteiger partial charge is 0.481 e. The first-order valence-corrected chi connectivity index (χ1v) is 4.91. The van der Waals surface area contributed by atoms with Crippen LogP contribution in [0.15, 0.2) is 0 Å². The molecule has 0 aromatic carbocycles. The van der Waals surface area contributed by atoms with E-state index in [1.807, 2.05) is 0 Å². The topological polar surface area (TPSA) is 166 Å². The lowest BCUT2D eigenvalue weighted by Crippen LogP contribution is -2.52. The number of hydrogen-bond acceptors (Lipinski definition) is 6. The van der Waals surface area contributed by atoms with Gasteiger partial charge in [0.05, 0.1) is 6.42 Å². The second kappa shape index (κ2) is 4.86. The zero-order chi connectivity index (χ0) is 13.1. The second-order valence-corrected chi connectivity index (χ2v) is 3.91. The summed E-state index contributed by atoms with van der Waals surface area (Å²) in [6.45, 7) is 0. The van der Waals surface area contributed by atoms with Gasteiger partial charge in [-0.05, 0) is 0 Å². The van der Waals surface area contributed by atoms with Crippen LogP contribution in [0.3, 0.4) is 0 Å². The Morgan fingerprint density at radius 2 is 1.56 bits per heavy atom. The summed E-state index contributed by atoms with van der Waals surface area (Å²) in [5, 5.41) is 34.6. The maximum Gasteiger partial charge on any atom is 0.338 e. The highest BCUT2D eigenvalue weighted by molar-refractivity contribution is 7.33. The van der Waals surface area contributed by atoms with Gasteiger partial charge in [-0.2, -0.15) is 0 Å². The molecule has 0 aliphatic rings. The lowest BCUT2D eigenvalue weighted by Gasteiger charge is -2.23. The molecule has 10 heteroatoms. The average Bonchev–Trinajstić information content (AvgIpc) is 1.99. The van der Waals surface area contributed by atoms with Gasteiger partial charge in [0, 0.05) is 0 Å². The van der Waals surface area contributed by atoms with Crippen molar-refractivity contribution in [2.24, 2.45) is 0 Å². The van der Waals surface area contributed by atoms with Crippen LogP contribution in [0.5, 0.6) is 0 Å². The quantitative estimate of drug-likeness (QED) is 0.430. The van der Waals surface area contributed by atoms with Crippen LogP contribution in [0.1, 0.15) is 6.42 Å². The molecule has 16 heavy (non-hydrogen) atoms. The van der Waals surface area contributed by atoms with Gasteiger partial charge in [0.15, 0.2) is 5.60 Å². The molecule has 0 aromatic rings. The summed E-state index contributed by atoms with van der Waals surface area (Å²) in [5.74, 6) is -6.21. The Morgan fingerprint density at radius 1 is 1.12 bits per heavy atom. The van der Waals surface area contributed by atoms with Crippen LogP contribution in [-0.2, 0) is 23.5 Å². The Morgan fingerprint density at radius 3 is 1.75 bits per heavy atom. The van der Waals surface area contributed by atoms with E-state index in [2.05, 4.69) is 0 Å². The Balaban J connectivity index is 5.55. The molecule has 0 bridgehead atoms. The zero-order valence-corrected chi connectivity index (χ0v) is 8.46. The molecule has 0 radical (unpaired) electrons. The van der Waals surface area contributed by atoms with Crippen LogP contribution in [0.25, 0.3) is 0 Å². The van der Waals surface area contributed by atoms with E-state index in [4.69, 9.17) is 15.3 Å². The van der Waals surface area contributed by atoms with Gasteiger partial charge in [-0.25, -0.2) is 13.9 Å². The normalized spacial score (nSPS) is 15.8. The molecule has 0 saturated heterocycles. The maximum absolute atomic E-state index is 10.6. The average molecular weight is 254 g/mol. The fraction of sp³-hybridized carbons (Fsp3) is 0.500. The molecule has 90 valence electrons. The molecule has 0 aromatic heterocycles. The van der Waals surface area contributed by atoms with Crippen LogP contribution < -0.4 is 0 Å². The number of carboxylic acids is 3. The molecule has 0 heterocycles. The predicted molar refractivity (Wildman–Crippen MR) is 44.6 cm³/mol. The monoisotopic (exact) mass is 254 g/mol. The third-order valence-corrected chi connectivity index (χ3v) is 2.76. The molecule has 4 N–H and O–H groups in total. The van der Waals surface area contributed by atoms with E-state index in [1.165, 1.54) is 0 Å². The van der Waals surface area contributed by atoms with Crippen LogP contribution in [0.2, 0.25) is 0 Å². The number of carboxylic acid groups (broad SMARTS) is 3. The zero-order valence-electron chi connectivity index (χ0n) is 7.56. The third-order valence-electron chi connectivity index (χ3n) is 1.69. The standard InChI is InChI=1S/C6H7O9P/c7-2(8)1-6(13,5(11)12)3(4(9)10)16(14)15/h3,13H,1H2,(H,7,8)(H,9,10)(H,11,12). The maximum atomic E-state index is 10.6. The molecule has 0 rings (SSSR count). The van der Waals surface area contributed by atoms with Crippen molar-refractivity contribution < 1.29 is 43.9 Å². The second-order valence-electron chi connectivity index (χ2n) is 2.83. The van der Waals surface area contributed by atoms with Gasteiger partial charge in [-0.15, -0.1) is 0 Å². The van der Waals surface area contributed by atoms with Crippen molar-refractivity contribution in [3.05, 3.63) is 0 Å². The van der Waals surface area contributed by atoms with E-state index in [1.54, 1.807) is 0 Å². The first-order chi connectivity index (χ1) is 7.12. The van der Waals surface area contributed by atoms with Crippen molar-refractivity contribution in [3.63, 3.8) is 0 Å². The minimum atomic E-state index is -3.85. The number of aliphatic carboxylic acids is 3. The lowest BCUT2D eigenvalue weighted by atomic mass is 9.95. The fourth-order valence-electron chi connectivity index (χ4n) is 0.989. The van der Waals surface area contributed by atoms with Crippen LogP contribution in [-0.4, -0.2) is 49.6 Å². The molecule has 0 amide bonds. The molecule has 0 spiro atoms. The number of carbonyl (C=O) groups is 3. The van der Waals surface area contributed by atoms with Crippen molar-refractivity contribution >= 4 is 25.6 Å². The highest BCUT2D eigenvalue weighted by Crippen LogP contribution is 2.30. The van der Waals surface area contributed by atoms with Crippen molar-refractivity contribution in [3.8, 4) is 0 Å². The Labute approximate surface area is 88.1 Å². The van der Waals surface area contributed by atoms with Gasteiger partial charge >= 0.3 is 25.6 Å². The Bertz CT molecular complexity index is 389.